The van der Waals surface area contributed by atoms with E-state index in [0.29, 0.717) is 40.3 Å². The first-order valence-corrected chi connectivity index (χ1v) is 9.93. The topological polar surface area (TPSA) is 68.3 Å². The second kappa shape index (κ2) is 7.04. The molecule has 0 spiro atoms. The van der Waals surface area contributed by atoms with Crippen molar-refractivity contribution < 1.29 is 9.21 Å². The third kappa shape index (κ3) is 3.09. The van der Waals surface area contributed by atoms with Gasteiger partial charge in [-0.25, -0.2) is 4.79 Å². The van der Waals surface area contributed by atoms with E-state index >= 15 is 0 Å². The van der Waals surface area contributed by atoms with Gasteiger partial charge >= 0.3 is 5.76 Å². The van der Waals surface area contributed by atoms with Gasteiger partial charge in [0.05, 0.1) is 22.6 Å². The van der Waals surface area contributed by atoms with Crippen LogP contribution in [0.15, 0.2) is 63.9 Å². The van der Waals surface area contributed by atoms with Gasteiger partial charge in [-0.15, -0.1) is 0 Å². The lowest BCUT2D eigenvalue weighted by Gasteiger charge is -2.33. The fraction of sp³-hybridized carbons (Fsp3) is 0.227. The molecule has 0 aliphatic carbocycles. The fourth-order valence-corrected chi connectivity index (χ4v) is 4.32. The number of nitrogens with zero attached hydrogens (tertiary/aromatic N) is 3. The summed E-state index contributed by atoms with van der Waals surface area (Å²) in [4.78, 5) is 32.0. The molecular weight excluding hydrogens is 390 g/mol. The third-order valence-corrected chi connectivity index (χ3v) is 5.72. The van der Waals surface area contributed by atoms with Gasteiger partial charge in [-0.05, 0) is 43.2 Å². The smallest absolute Gasteiger partial charge is 0.408 e. The van der Waals surface area contributed by atoms with Gasteiger partial charge in [-0.2, -0.15) is 0 Å². The first kappa shape index (κ1) is 17.9. The summed E-state index contributed by atoms with van der Waals surface area (Å²) in [5.74, 6) is -0.494. The maximum atomic E-state index is 13.3. The number of carbonyl (C=O) groups is 1. The Morgan fingerprint density at radius 1 is 1.17 bits per heavy atom. The molecule has 0 bridgehead atoms. The Morgan fingerprint density at radius 2 is 2.03 bits per heavy atom. The molecule has 5 rings (SSSR count). The van der Waals surface area contributed by atoms with Crippen LogP contribution in [0.2, 0.25) is 5.02 Å². The SMILES string of the molecule is O=C(c1cccc2cccnc12)N1CCCC(n2c(=O)oc3ccc(Cl)cc32)C1. The number of rotatable bonds is 2. The Kier molecular flexibility index (Phi) is 4.36. The molecule has 1 saturated heterocycles. The van der Waals surface area contributed by atoms with Crippen molar-refractivity contribution in [3.8, 4) is 0 Å². The Hall–Kier alpha value is -3.12. The van der Waals surface area contributed by atoms with Crippen LogP contribution in [0.4, 0.5) is 0 Å². The van der Waals surface area contributed by atoms with Crippen LogP contribution in [0.3, 0.4) is 0 Å². The minimum atomic E-state index is -0.423. The minimum absolute atomic E-state index is 0.0714. The van der Waals surface area contributed by atoms with Crippen LogP contribution in [0.25, 0.3) is 22.0 Å². The molecule has 1 fully saturated rings. The Morgan fingerprint density at radius 3 is 2.93 bits per heavy atom. The maximum Gasteiger partial charge on any atom is 0.420 e. The zero-order valence-electron chi connectivity index (χ0n) is 15.5. The lowest BCUT2D eigenvalue weighted by Crippen LogP contribution is -2.42. The summed E-state index contributed by atoms with van der Waals surface area (Å²) >= 11 is 6.12. The average Bonchev–Trinajstić information content (AvgIpc) is 3.07. The maximum absolute atomic E-state index is 13.3. The number of oxazole rings is 1. The second-order valence-electron chi connectivity index (χ2n) is 7.28. The number of aromatic nitrogens is 2. The molecule has 1 aliphatic heterocycles. The fourth-order valence-electron chi connectivity index (χ4n) is 4.15. The van der Waals surface area contributed by atoms with Gasteiger partial charge < -0.3 is 9.32 Å². The number of halogens is 1. The number of piperidine rings is 1. The molecule has 2 aromatic heterocycles. The summed E-state index contributed by atoms with van der Waals surface area (Å²) in [6, 6.07) is 14.4. The molecule has 1 unspecified atom stereocenters. The highest BCUT2D eigenvalue weighted by Gasteiger charge is 2.29. The number of pyridine rings is 1. The third-order valence-electron chi connectivity index (χ3n) is 5.49. The summed E-state index contributed by atoms with van der Waals surface area (Å²) in [5.41, 5.74) is 2.44. The van der Waals surface area contributed by atoms with Gasteiger partial charge in [-0.3, -0.25) is 14.3 Å². The van der Waals surface area contributed by atoms with Crippen LogP contribution in [-0.2, 0) is 0 Å². The highest BCUT2D eigenvalue weighted by molar-refractivity contribution is 6.31. The van der Waals surface area contributed by atoms with Crippen molar-refractivity contribution in [3.63, 3.8) is 0 Å². The number of likely N-dealkylation sites (tertiary alicyclic amines) is 1. The molecule has 0 saturated carbocycles. The molecule has 7 heteroatoms. The van der Waals surface area contributed by atoms with Gasteiger partial charge in [0, 0.05) is 29.7 Å². The highest BCUT2D eigenvalue weighted by Crippen LogP contribution is 2.28. The zero-order chi connectivity index (χ0) is 20.0. The molecule has 146 valence electrons. The molecule has 1 atom stereocenters. The summed E-state index contributed by atoms with van der Waals surface area (Å²) in [6.07, 6.45) is 3.28. The number of amides is 1. The van der Waals surface area contributed by atoms with Gasteiger partial charge in [0.2, 0.25) is 0 Å². The summed E-state index contributed by atoms with van der Waals surface area (Å²) in [5, 5.41) is 1.47. The van der Waals surface area contributed by atoms with Crippen LogP contribution in [-0.4, -0.2) is 33.4 Å². The van der Waals surface area contributed by atoms with E-state index in [4.69, 9.17) is 16.0 Å². The van der Waals surface area contributed by atoms with Crippen molar-refractivity contribution in [2.24, 2.45) is 0 Å². The van der Waals surface area contributed by atoms with E-state index in [-0.39, 0.29) is 11.9 Å². The van der Waals surface area contributed by atoms with E-state index in [0.717, 1.165) is 18.2 Å². The van der Waals surface area contributed by atoms with Gasteiger partial charge in [0.1, 0.15) is 0 Å². The van der Waals surface area contributed by atoms with Gasteiger partial charge in [0.25, 0.3) is 5.91 Å². The molecule has 6 nitrogen and oxygen atoms in total. The summed E-state index contributed by atoms with van der Waals surface area (Å²) in [7, 11) is 0. The second-order valence-corrected chi connectivity index (χ2v) is 7.71. The van der Waals surface area contributed by atoms with Crippen LogP contribution < -0.4 is 5.76 Å². The predicted octanol–water partition coefficient (Wildman–Crippen LogP) is 4.27. The zero-order valence-corrected chi connectivity index (χ0v) is 16.3. The van der Waals surface area contributed by atoms with E-state index in [1.807, 2.05) is 24.3 Å². The molecule has 29 heavy (non-hydrogen) atoms. The standard InChI is InChI=1S/C22H18ClN3O3/c23-15-8-9-19-18(12-15)26(22(28)29-19)16-6-3-11-25(13-16)21(27)17-7-1-4-14-5-2-10-24-20(14)17/h1-2,4-5,7-10,12,16H,3,6,11,13H2. The first-order valence-electron chi connectivity index (χ1n) is 9.55. The van der Waals surface area contributed by atoms with Crippen molar-refractivity contribution in [1.29, 1.82) is 0 Å². The number of hydrogen-bond donors (Lipinski definition) is 0. The molecule has 1 amide bonds. The molecule has 2 aromatic carbocycles. The van der Waals surface area contributed by atoms with E-state index in [1.165, 1.54) is 0 Å². The van der Waals surface area contributed by atoms with E-state index < -0.39 is 5.76 Å². The van der Waals surface area contributed by atoms with Crippen LogP contribution in [0, 0.1) is 0 Å². The van der Waals surface area contributed by atoms with Gasteiger partial charge in [-0.1, -0.05) is 29.8 Å². The normalized spacial score (nSPS) is 17.1. The van der Waals surface area contributed by atoms with Gasteiger partial charge in [0.15, 0.2) is 5.58 Å². The van der Waals surface area contributed by atoms with E-state index in [1.54, 1.807) is 39.9 Å². The lowest BCUT2D eigenvalue weighted by molar-refractivity contribution is 0.0679. The lowest BCUT2D eigenvalue weighted by atomic mass is 10.0. The van der Waals surface area contributed by atoms with Crippen molar-refractivity contribution in [2.45, 2.75) is 18.9 Å². The Labute approximate surface area is 171 Å². The number of benzene rings is 2. The number of para-hydroxylation sites is 1. The van der Waals surface area contributed by atoms with E-state index in [9.17, 15) is 9.59 Å². The molecule has 0 N–H and O–H groups in total. The van der Waals surface area contributed by atoms with Crippen LogP contribution in [0.1, 0.15) is 29.2 Å². The Balaban J connectivity index is 1.50. The predicted molar refractivity (Wildman–Crippen MR) is 111 cm³/mol. The van der Waals surface area contributed by atoms with Crippen molar-refractivity contribution in [2.75, 3.05) is 13.1 Å². The van der Waals surface area contributed by atoms with E-state index in [2.05, 4.69) is 4.98 Å². The first-order chi connectivity index (χ1) is 14.1. The largest absolute Gasteiger partial charge is 0.420 e. The molecule has 1 aliphatic rings. The number of carbonyl (C=O) groups excluding carboxylic acids is 1. The average molecular weight is 408 g/mol. The van der Waals surface area contributed by atoms with Crippen molar-refractivity contribution >= 4 is 39.5 Å². The van der Waals surface area contributed by atoms with Crippen molar-refractivity contribution in [1.82, 2.24) is 14.5 Å². The molecule has 0 radical (unpaired) electrons. The Bertz CT molecular complexity index is 1290. The molecular formula is C22H18ClN3O3. The summed E-state index contributed by atoms with van der Waals surface area (Å²) in [6.45, 7) is 1.08. The quantitative estimate of drug-likeness (QED) is 0.497. The molecule has 4 aromatic rings. The molecule has 3 heterocycles. The monoisotopic (exact) mass is 407 g/mol. The number of fused-ring (bicyclic) bond motifs is 2. The van der Waals surface area contributed by atoms with Crippen molar-refractivity contribution in [3.05, 3.63) is 75.9 Å². The minimum Gasteiger partial charge on any atom is -0.408 e. The van der Waals surface area contributed by atoms with Crippen LogP contribution in [0.5, 0.6) is 0 Å². The highest BCUT2D eigenvalue weighted by atomic mass is 35.5. The number of hydrogen-bond acceptors (Lipinski definition) is 4. The van der Waals surface area contributed by atoms with Crippen LogP contribution >= 0.6 is 11.6 Å². The summed E-state index contributed by atoms with van der Waals surface area (Å²) < 4.78 is 7.01.